The van der Waals surface area contributed by atoms with Crippen LogP contribution in [0.5, 0.6) is 0 Å². The zero-order valence-electron chi connectivity index (χ0n) is 19.2. The second kappa shape index (κ2) is 8.61. The molecule has 1 saturated heterocycles. The van der Waals surface area contributed by atoms with Gasteiger partial charge in [0.25, 0.3) is 0 Å². The Balaban J connectivity index is 1.15. The van der Waals surface area contributed by atoms with Crippen molar-refractivity contribution in [2.45, 2.75) is 26.2 Å². The van der Waals surface area contributed by atoms with Gasteiger partial charge in [0.15, 0.2) is 5.82 Å². The van der Waals surface area contributed by atoms with Crippen molar-refractivity contribution in [3.63, 3.8) is 0 Å². The molecule has 0 amide bonds. The molecule has 3 aromatic rings. The van der Waals surface area contributed by atoms with Gasteiger partial charge < -0.3 is 16.0 Å². The SMILES string of the molecule is Cc1cccc(-c2nccc(Nc3ccnc(NC4=CC5CC6(CCNC6)CC5C=C4)n3)n2)n1. The first kappa shape index (κ1) is 20.9. The lowest BCUT2D eigenvalue weighted by molar-refractivity contribution is 0.324. The summed E-state index contributed by atoms with van der Waals surface area (Å²) >= 11 is 0. The Hall–Kier alpha value is -3.65. The third kappa shape index (κ3) is 4.28. The second-order valence-corrected chi connectivity index (χ2v) is 9.59. The van der Waals surface area contributed by atoms with Crippen LogP contribution in [0.15, 0.2) is 66.7 Å². The summed E-state index contributed by atoms with van der Waals surface area (Å²) in [5.41, 5.74) is 3.22. The standard InChI is InChI=1S/C26H28N8/c1-17-3-2-4-21(30-17)24-28-10-7-22(33-24)32-23-8-11-29-25(34-23)31-20-6-5-18-14-26(9-12-27-16-26)15-19(18)13-20/h2-8,10-11,13,18-19,27H,9,12,14-16H2,1H3,(H2,28,29,31,32,33,34). The lowest BCUT2D eigenvalue weighted by Gasteiger charge is -2.21. The molecule has 1 spiro atoms. The summed E-state index contributed by atoms with van der Waals surface area (Å²) in [7, 11) is 0. The average molecular weight is 453 g/mol. The van der Waals surface area contributed by atoms with Crippen LogP contribution in [0.1, 0.15) is 25.0 Å². The van der Waals surface area contributed by atoms with Gasteiger partial charge in [0.2, 0.25) is 5.95 Å². The predicted molar refractivity (Wildman–Crippen MR) is 132 cm³/mol. The summed E-state index contributed by atoms with van der Waals surface area (Å²) in [4.78, 5) is 22.5. The Labute approximate surface area is 199 Å². The molecule has 1 saturated carbocycles. The molecular weight excluding hydrogens is 424 g/mol. The molecule has 3 N–H and O–H groups in total. The first-order valence-electron chi connectivity index (χ1n) is 11.9. The molecule has 172 valence electrons. The van der Waals surface area contributed by atoms with Crippen molar-refractivity contribution in [3.05, 3.63) is 72.3 Å². The van der Waals surface area contributed by atoms with E-state index in [9.17, 15) is 0 Å². The van der Waals surface area contributed by atoms with E-state index in [1.807, 2.05) is 37.3 Å². The van der Waals surface area contributed by atoms with E-state index in [1.54, 1.807) is 12.4 Å². The van der Waals surface area contributed by atoms with E-state index in [4.69, 9.17) is 0 Å². The molecule has 8 nitrogen and oxygen atoms in total. The molecule has 3 unspecified atom stereocenters. The van der Waals surface area contributed by atoms with E-state index < -0.39 is 0 Å². The quantitative estimate of drug-likeness (QED) is 0.528. The molecule has 3 atom stereocenters. The Morgan fingerprint density at radius 2 is 1.79 bits per heavy atom. The first-order valence-corrected chi connectivity index (χ1v) is 11.9. The van der Waals surface area contributed by atoms with Crippen LogP contribution in [0, 0.1) is 24.2 Å². The van der Waals surface area contributed by atoms with Crippen LogP contribution < -0.4 is 16.0 Å². The highest BCUT2D eigenvalue weighted by Crippen LogP contribution is 2.51. The van der Waals surface area contributed by atoms with Gasteiger partial charge >= 0.3 is 0 Å². The number of hydrogen-bond donors (Lipinski definition) is 3. The van der Waals surface area contributed by atoms with Gasteiger partial charge in [0, 0.05) is 30.3 Å². The minimum Gasteiger partial charge on any atom is -0.325 e. The Morgan fingerprint density at radius 1 is 0.941 bits per heavy atom. The monoisotopic (exact) mass is 452 g/mol. The summed E-state index contributed by atoms with van der Waals surface area (Å²) in [5.74, 6) is 3.68. The first-order chi connectivity index (χ1) is 16.6. The zero-order chi connectivity index (χ0) is 23.0. The van der Waals surface area contributed by atoms with E-state index >= 15 is 0 Å². The van der Waals surface area contributed by atoms with E-state index in [-0.39, 0.29) is 0 Å². The van der Waals surface area contributed by atoms with E-state index in [0.29, 0.717) is 40.7 Å². The van der Waals surface area contributed by atoms with Crippen LogP contribution in [-0.4, -0.2) is 38.0 Å². The number of allylic oxidation sites excluding steroid dienone is 3. The lowest BCUT2D eigenvalue weighted by atomic mass is 9.84. The smallest absolute Gasteiger partial charge is 0.229 e. The van der Waals surface area contributed by atoms with Crippen LogP contribution in [0.4, 0.5) is 17.6 Å². The summed E-state index contributed by atoms with van der Waals surface area (Å²) in [6.45, 7) is 4.27. The third-order valence-corrected chi connectivity index (χ3v) is 7.08. The predicted octanol–water partition coefficient (Wildman–Crippen LogP) is 4.25. The molecule has 3 aliphatic rings. The fourth-order valence-corrected chi connectivity index (χ4v) is 5.49. The van der Waals surface area contributed by atoms with Crippen molar-refractivity contribution in [2.24, 2.45) is 17.3 Å². The summed E-state index contributed by atoms with van der Waals surface area (Å²) < 4.78 is 0. The van der Waals surface area contributed by atoms with Crippen LogP contribution in [-0.2, 0) is 0 Å². The van der Waals surface area contributed by atoms with Gasteiger partial charge in [-0.1, -0.05) is 18.2 Å². The number of aromatic nitrogens is 5. The molecule has 0 aromatic carbocycles. The molecule has 2 aliphatic carbocycles. The van der Waals surface area contributed by atoms with Crippen LogP contribution in [0.2, 0.25) is 0 Å². The van der Waals surface area contributed by atoms with Gasteiger partial charge in [0.05, 0.1) is 0 Å². The highest BCUT2D eigenvalue weighted by atomic mass is 15.2. The van der Waals surface area contributed by atoms with Crippen LogP contribution in [0.25, 0.3) is 11.5 Å². The molecule has 8 heteroatoms. The number of anilines is 3. The molecule has 6 rings (SSSR count). The molecule has 4 heterocycles. The number of fused-ring (bicyclic) bond motifs is 1. The number of hydrogen-bond acceptors (Lipinski definition) is 8. The van der Waals surface area contributed by atoms with Crippen molar-refractivity contribution >= 4 is 17.6 Å². The highest BCUT2D eigenvalue weighted by Gasteiger charge is 2.45. The van der Waals surface area contributed by atoms with Crippen molar-refractivity contribution in [1.82, 2.24) is 30.2 Å². The number of pyridine rings is 1. The minimum absolute atomic E-state index is 0.482. The lowest BCUT2D eigenvalue weighted by Crippen LogP contribution is -2.20. The van der Waals surface area contributed by atoms with Crippen molar-refractivity contribution in [2.75, 3.05) is 23.7 Å². The normalized spacial score (nSPS) is 25.3. The van der Waals surface area contributed by atoms with Crippen molar-refractivity contribution in [1.29, 1.82) is 0 Å². The molecule has 1 aliphatic heterocycles. The highest BCUT2D eigenvalue weighted by molar-refractivity contribution is 5.57. The van der Waals surface area contributed by atoms with Gasteiger partial charge in [0.1, 0.15) is 17.3 Å². The fourth-order valence-electron chi connectivity index (χ4n) is 5.49. The molecule has 2 fully saturated rings. The van der Waals surface area contributed by atoms with Gasteiger partial charge in [-0.25, -0.2) is 19.9 Å². The number of rotatable bonds is 5. The maximum Gasteiger partial charge on any atom is 0.229 e. The van der Waals surface area contributed by atoms with Crippen molar-refractivity contribution < 1.29 is 0 Å². The minimum atomic E-state index is 0.482. The summed E-state index contributed by atoms with van der Waals surface area (Å²) in [6, 6.07) is 9.46. The van der Waals surface area contributed by atoms with E-state index in [1.165, 1.54) is 19.3 Å². The molecule has 34 heavy (non-hydrogen) atoms. The number of aryl methyl sites for hydroxylation is 1. The van der Waals surface area contributed by atoms with Gasteiger partial charge in [-0.15, -0.1) is 0 Å². The Kier molecular flexibility index (Phi) is 5.30. The topological polar surface area (TPSA) is 101 Å². The van der Waals surface area contributed by atoms with Crippen LogP contribution in [0.3, 0.4) is 0 Å². The Morgan fingerprint density at radius 3 is 2.65 bits per heavy atom. The largest absolute Gasteiger partial charge is 0.325 e. The summed E-state index contributed by atoms with van der Waals surface area (Å²) in [6.07, 6.45) is 14.2. The van der Waals surface area contributed by atoms with Crippen LogP contribution >= 0.6 is 0 Å². The van der Waals surface area contributed by atoms with E-state index in [0.717, 1.165) is 30.2 Å². The summed E-state index contributed by atoms with van der Waals surface area (Å²) in [5, 5.41) is 10.2. The molecule has 0 bridgehead atoms. The molecular formula is C26H28N8. The van der Waals surface area contributed by atoms with E-state index in [2.05, 4.69) is 59.1 Å². The average Bonchev–Trinajstić information content (AvgIpc) is 3.45. The zero-order valence-corrected chi connectivity index (χ0v) is 19.2. The fraction of sp³-hybridized carbons (Fsp3) is 0.346. The number of nitrogens with zero attached hydrogens (tertiary/aromatic N) is 5. The molecule has 3 aromatic heterocycles. The Bertz CT molecular complexity index is 1260. The molecule has 0 radical (unpaired) electrons. The maximum atomic E-state index is 4.64. The number of nitrogens with one attached hydrogen (secondary N) is 3. The maximum absolute atomic E-state index is 4.64. The third-order valence-electron chi connectivity index (χ3n) is 7.08. The second-order valence-electron chi connectivity index (χ2n) is 9.59. The van der Waals surface area contributed by atoms with Gasteiger partial charge in [-0.05, 0) is 80.3 Å². The van der Waals surface area contributed by atoms with Crippen molar-refractivity contribution in [3.8, 4) is 11.5 Å². The van der Waals surface area contributed by atoms with Gasteiger partial charge in [-0.3, -0.25) is 0 Å². The van der Waals surface area contributed by atoms with Gasteiger partial charge in [-0.2, -0.15) is 4.98 Å².